The first-order chi connectivity index (χ1) is 9.83. The number of benzene rings is 1. The van der Waals surface area contributed by atoms with Gasteiger partial charge in [-0.05, 0) is 24.5 Å². The van der Waals surface area contributed by atoms with Gasteiger partial charge in [0.25, 0.3) is 0 Å². The maximum absolute atomic E-state index is 4.49. The zero-order chi connectivity index (χ0) is 13.8. The highest BCUT2D eigenvalue weighted by molar-refractivity contribution is 9.09. The lowest BCUT2D eigenvalue weighted by Gasteiger charge is -2.23. The molecule has 20 heavy (non-hydrogen) atoms. The van der Waals surface area contributed by atoms with Crippen LogP contribution in [-0.2, 0) is 0 Å². The van der Waals surface area contributed by atoms with Gasteiger partial charge >= 0.3 is 0 Å². The van der Waals surface area contributed by atoms with Crippen molar-refractivity contribution in [1.29, 1.82) is 0 Å². The van der Waals surface area contributed by atoms with Gasteiger partial charge in [0.1, 0.15) is 0 Å². The van der Waals surface area contributed by atoms with E-state index in [-0.39, 0.29) is 0 Å². The van der Waals surface area contributed by atoms with Crippen LogP contribution < -0.4 is 0 Å². The zero-order valence-electron chi connectivity index (χ0n) is 11.7. The molecule has 0 aliphatic heterocycles. The largest absolute Gasteiger partial charge is 0.241 e. The Morgan fingerprint density at radius 2 is 1.90 bits per heavy atom. The molecule has 3 heteroatoms. The lowest BCUT2D eigenvalue weighted by Crippen LogP contribution is -2.08. The van der Waals surface area contributed by atoms with E-state index in [1.54, 1.807) is 0 Å². The van der Waals surface area contributed by atoms with Crippen molar-refractivity contribution in [1.82, 2.24) is 9.78 Å². The first kappa shape index (κ1) is 13.9. The number of hydrogen-bond donors (Lipinski definition) is 0. The molecule has 1 saturated carbocycles. The van der Waals surface area contributed by atoms with E-state index in [2.05, 4.69) is 39.4 Å². The Morgan fingerprint density at radius 1 is 1.15 bits per heavy atom. The second-order valence-corrected chi connectivity index (χ2v) is 6.87. The predicted molar refractivity (Wildman–Crippen MR) is 86.4 cm³/mol. The average Bonchev–Trinajstić information content (AvgIpc) is 2.99. The second-order valence-electron chi connectivity index (χ2n) is 5.76. The van der Waals surface area contributed by atoms with Crippen molar-refractivity contribution >= 4 is 15.9 Å². The standard InChI is InChI=1S/C17H21BrN2/c18-17(11-14-7-3-1-4-8-14)15-12-19-20(13-15)16-9-5-2-6-10-16/h2,5-6,9-10,12-14,17H,1,3-4,7-8,11H2. The summed E-state index contributed by atoms with van der Waals surface area (Å²) in [6, 6.07) is 10.3. The van der Waals surface area contributed by atoms with Crippen molar-refractivity contribution in [2.45, 2.75) is 43.4 Å². The molecular weight excluding hydrogens is 312 g/mol. The van der Waals surface area contributed by atoms with Crippen molar-refractivity contribution in [3.8, 4) is 5.69 Å². The average molecular weight is 333 g/mol. The number of hydrogen-bond acceptors (Lipinski definition) is 1. The van der Waals surface area contributed by atoms with E-state index in [0.717, 1.165) is 11.6 Å². The fourth-order valence-corrected chi connectivity index (χ4v) is 3.84. The summed E-state index contributed by atoms with van der Waals surface area (Å²) in [4.78, 5) is 0.433. The molecule has 0 saturated heterocycles. The molecule has 0 radical (unpaired) electrons. The summed E-state index contributed by atoms with van der Waals surface area (Å²) in [6.45, 7) is 0. The van der Waals surface area contributed by atoms with Crippen LogP contribution in [0, 0.1) is 5.92 Å². The number of para-hydroxylation sites is 1. The lowest BCUT2D eigenvalue weighted by molar-refractivity contribution is 0.338. The lowest BCUT2D eigenvalue weighted by atomic mass is 9.85. The third-order valence-electron chi connectivity index (χ3n) is 4.25. The number of aromatic nitrogens is 2. The van der Waals surface area contributed by atoms with E-state index in [9.17, 15) is 0 Å². The molecule has 0 amide bonds. The van der Waals surface area contributed by atoms with Crippen LogP contribution in [0.1, 0.15) is 48.9 Å². The Bertz CT molecular complexity index is 529. The molecule has 2 aromatic rings. The highest BCUT2D eigenvalue weighted by atomic mass is 79.9. The predicted octanol–water partition coefficient (Wildman–Crippen LogP) is 5.28. The van der Waals surface area contributed by atoms with Crippen LogP contribution in [0.4, 0.5) is 0 Å². The molecule has 2 nitrogen and oxygen atoms in total. The van der Waals surface area contributed by atoms with Crippen LogP contribution in [0.15, 0.2) is 42.7 Å². The molecule has 1 aromatic carbocycles. The SMILES string of the molecule is BrC(CC1CCCCC1)c1cnn(-c2ccccc2)c1. The Kier molecular flexibility index (Phi) is 4.56. The van der Waals surface area contributed by atoms with Gasteiger partial charge in [-0.3, -0.25) is 0 Å². The molecule has 1 atom stereocenters. The number of nitrogens with zero attached hydrogens (tertiary/aromatic N) is 2. The minimum atomic E-state index is 0.433. The van der Waals surface area contributed by atoms with Gasteiger partial charge < -0.3 is 0 Å². The minimum Gasteiger partial charge on any atom is -0.241 e. The van der Waals surface area contributed by atoms with E-state index in [1.807, 2.05) is 29.1 Å². The normalized spacial score (nSPS) is 18.1. The molecule has 1 aliphatic rings. The maximum atomic E-state index is 4.49. The molecule has 1 aliphatic carbocycles. The van der Waals surface area contributed by atoms with Gasteiger partial charge in [0.2, 0.25) is 0 Å². The van der Waals surface area contributed by atoms with Crippen molar-refractivity contribution in [2.75, 3.05) is 0 Å². The smallest absolute Gasteiger partial charge is 0.0645 e. The molecule has 0 bridgehead atoms. The molecule has 1 unspecified atom stereocenters. The Balaban J connectivity index is 1.66. The first-order valence-corrected chi connectivity index (χ1v) is 8.48. The van der Waals surface area contributed by atoms with Gasteiger partial charge in [-0.1, -0.05) is 66.2 Å². The summed E-state index contributed by atoms with van der Waals surface area (Å²) in [5, 5.41) is 4.49. The highest BCUT2D eigenvalue weighted by Crippen LogP contribution is 2.36. The summed E-state index contributed by atoms with van der Waals surface area (Å²) in [5.41, 5.74) is 2.41. The van der Waals surface area contributed by atoms with Crippen LogP contribution in [0.25, 0.3) is 5.69 Å². The van der Waals surface area contributed by atoms with Crippen LogP contribution in [0.5, 0.6) is 0 Å². The molecule has 1 fully saturated rings. The molecule has 0 N–H and O–H groups in total. The van der Waals surface area contributed by atoms with Gasteiger partial charge in [0.05, 0.1) is 11.9 Å². The van der Waals surface area contributed by atoms with E-state index in [4.69, 9.17) is 0 Å². The number of halogens is 1. The molecule has 0 spiro atoms. The third-order valence-corrected chi connectivity index (χ3v) is 5.15. The van der Waals surface area contributed by atoms with Crippen LogP contribution >= 0.6 is 15.9 Å². The molecule has 1 aromatic heterocycles. The summed E-state index contributed by atoms with van der Waals surface area (Å²) in [7, 11) is 0. The summed E-state index contributed by atoms with van der Waals surface area (Å²) in [5.74, 6) is 0.883. The van der Waals surface area contributed by atoms with E-state index < -0.39 is 0 Å². The monoisotopic (exact) mass is 332 g/mol. The van der Waals surface area contributed by atoms with Crippen LogP contribution in [0.2, 0.25) is 0 Å². The van der Waals surface area contributed by atoms with Crippen molar-refractivity contribution in [3.05, 3.63) is 48.3 Å². The van der Waals surface area contributed by atoms with Crippen LogP contribution in [0.3, 0.4) is 0 Å². The molecule has 106 valence electrons. The topological polar surface area (TPSA) is 17.8 Å². The van der Waals surface area contributed by atoms with Gasteiger partial charge in [0.15, 0.2) is 0 Å². The molecule has 1 heterocycles. The Hall–Kier alpha value is -1.09. The molecule has 3 rings (SSSR count). The fraction of sp³-hybridized carbons (Fsp3) is 0.471. The quantitative estimate of drug-likeness (QED) is 0.696. The second kappa shape index (κ2) is 6.57. The van der Waals surface area contributed by atoms with Gasteiger partial charge in [-0.25, -0.2) is 4.68 Å². The summed E-state index contributed by atoms with van der Waals surface area (Å²) in [6.07, 6.45) is 12.4. The summed E-state index contributed by atoms with van der Waals surface area (Å²) < 4.78 is 1.96. The number of alkyl halides is 1. The summed E-state index contributed by atoms with van der Waals surface area (Å²) >= 11 is 3.85. The number of rotatable bonds is 4. The Morgan fingerprint density at radius 3 is 2.65 bits per heavy atom. The van der Waals surface area contributed by atoms with E-state index in [1.165, 1.54) is 44.1 Å². The van der Waals surface area contributed by atoms with Crippen molar-refractivity contribution in [2.24, 2.45) is 5.92 Å². The van der Waals surface area contributed by atoms with E-state index >= 15 is 0 Å². The van der Waals surface area contributed by atoms with Crippen LogP contribution in [-0.4, -0.2) is 9.78 Å². The first-order valence-electron chi connectivity index (χ1n) is 7.57. The van der Waals surface area contributed by atoms with Gasteiger partial charge in [0, 0.05) is 16.6 Å². The van der Waals surface area contributed by atoms with Gasteiger partial charge in [-0.15, -0.1) is 0 Å². The van der Waals surface area contributed by atoms with Gasteiger partial charge in [-0.2, -0.15) is 5.10 Å². The molecular formula is C17H21BrN2. The minimum absolute atomic E-state index is 0.433. The van der Waals surface area contributed by atoms with Crippen molar-refractivity contribution < 1.29 is 0 Å². The maximum Gasteiger partial charge on any atom is 0.0645 e. The Labute approximate surface area is 129 Å². The van der Waals surface area contributed by atoms with Crippen molar-refractivity contribution in [3.63, 3.8) is 0 Å². The highest BCUT2D eigenvalue weighted by Gasteiger charge is 2.19. The fourth-order valence-electron chi connectivity index (χ4n) is 3.07. The third kappa shape index (κ3) is 3.32. The zero-order valence-corrected chi connectivity index (χ0v) is 13.3. The van der Waals surface area contributed by atoms with E-state index in [0.29, 0.717) is 4.83 Å².